The lowest BCUT2D eigenvalue weighted by Crippen LogP contribution is -2.49. The van der Waals surface area contributed by atoms with Crippen molar-refractivity contribution in [3.05, 3.63) is 84.1 Å². The van der Waals surface area contributed by atoms with E-state index >= 15 is 0 Å². The van der Waals surface area contributed by atoms with E-state index in [1.165, 1.54) is 0 Å². The first-order valence-electron chi connectivity index (χ1n) is 12.4. The molecule has 180 valence electrons. The van der Waals surface area contributed by atoms with Gasteiger partial charge in [-0.05, 0) is 79.9 Å². The molecule has 1 N–H and O–H groups in total. The smallest absolute Gasteiger partial charge is 0.260 e. The number of fused-ring (bicyclic) bond motifs is 2. The molecule has 5 aromatic rings. The zero-order chi connectivity index (χ0) is 24.5. The summed E-state index contributed by atoms with van der Waals surface area (Å²) < 4.78 is 1.72. The van der Waals surface area contributed by atoms with Crippen molar-refractivity contribution >= 4 is 33.8 Å². The summed E-state index contributed by atoms with van der Waals surface area (Å²) in [5.74, 6) is 0.654. The number of aromatic nitrogens is 5. The van der Waals surface area contributed by atoms with Crippen LogP contribution in [0.1, 0.15) is 35.7 Å². The van der Waals surface area contributed by atoms with Gasteiger partial charge in [-0.2, -0.15) is 4.68 Å². The average molecular weight is 478 g/mol. The number of aryl methyl sites for hydroxylation is 1. The minimum atomic E-state index is -0.0311. The molecule has 0 aliphatic carbocycles. The normalized spacial score (nSPS) is 15.9. The zero-order valence-electron chi connectivity index (χ0n) is 20.1. The second-order valence-electron chi connectivity index (χ2n) is 9.08. The van der Waals surface area contributed by atoms with Gasteiger partial charge in [0.1, 0.15) is 11.3 Å². The van der Waals surface area contributed by atoms with Crippen molar-refractivity contribution < 1.29 is 4.79 Å². The van der Waals surface area contributed by atoms with Crippen LogP contribution in [0.25, 0.3) is 27.8 Å². The number of para-hydroxylation sites is 1. The molecule has 4 heterocycles. The molecule has 0 bridgehead atoms. The summed E-state index contributed by atoms with van der Waals surface area (Å²) in [6, 6.07) is 21.6. The molecular weight excluding hydrogens is 450 g/mol. The van der Waals surface area contributed by atoms with Crippen LogP contribution in [-0.4, -0.2) is 50.0 Å². The molecule has 36 heavy (non-hydrogen) atoms. The summed E-state index contributed by atoms with van der Waals surface area (Å²) in [5.41, 5.74) is 4.77. The van der Waals surface area contributed by atoms with Gasteiger partial charge in [-0.1, -0.05) is 30.3 Å². The third kappa shape index (κ3) is 3.99. The van der Waals surface area contributed by atoms with E-state index in [9.17, 15) is 4.79 Å². The Bertz CT molecular complexity index is 1550. The zero-order valence-corrected chi connectivity index (χ0v) is 20.1. The van der Waals surface area contributed by atoms with Crippen molar-refractivity contribution in [2.45, 2.75) is 32.2 Å². The molecule has 0 saturated carbocycles. The summed E-state index contributed by atoms with van der Waals surface area (Å²) in [6.45, 7) is 3.78. The first-order valence-corrected chi connectivity index (χ1v) is 12.4. The Labute approximate surface area is 209 Å². The van der Waals surface area contributed by atoms with Gasteiger partial charge < -0.3 is 5.32 Å². The highest BCUT2D eigenvalue weighted by Gasteiger charge is 2.30. The third-order valence-electron chi connectivity index (χ3n) is 6.84. The monoisotopic (exact) mass is 477 g/mol. The Balaban J connectivity index is 1.42. The molecule has 8 heteroatoms. The van der Waals surface area contributed by atoms with Crippen LogP contribution in [0, 0.1) is 0 Å². The number of amides is 1. The number of piperidine rings is 1. The number of nitrogens with one attached hydrogen (secondary N) is 1. The van der Waals surface area contributed by atoms with Crippen molar-refractivity contribution in [2.75, 3.05) is 18.0 Å². The van der Waals surface area contributed by atoms with E-state index in [1.807, 2.05) is 71.6 Å². The van der Waals surface area contributed by atoms with Gasteiger partial charge in [-0.15, -0.1) is 5.10 Å². The topological polar surface area (TPSA) is 88.8 Å². The van der Waals surface area contributed by atoms with E-state index in [4.69, 9.17) is 4.98 Å². The quantitative estimate of drug-likeness (QED) is 0.405. The van der Waals surface area contributed by atoms with Crippen LogP contribution in [-0.2, 0) is 6.42 Å². The fourth-order valence-corrected chi connectivity index (χ4v) is 4.98. The van der Waals surface area contributed by atoms with Gasteiger partial charge in [0.25, 0.3) is 5.91 Å². The Morgan fingerprint density at radius 2 is 1.97 bits per heavy atom. The number of nitrogens with zero attached hydrogens (tertiary/aromatic N) is 6. The van der Waals surface area contributed by atoms with E-state index in [2.05, 4.69) is 27.5 Å². The second kappa shape index (κ2) is 9.47. The predicted octanol–water partition coefficient (Wildman–Crippen LogP) is 4.32. The van der Waals surface area contributed by atoms with Crippen LogP contribution >= 0.6 is 0 Å². The van der Waals surface area contributed by atoms with E-state index in [0.29, 0.717) is 23.4 Å². The molecule has 3 aromatic heterocycles. The van der Waals surface area contributed by atoms with Gasteiger partial charge in [0.15, 0.2) is 5.65 Å². The highest BCUT2D eigenvalue weighted by molar-refractivity contribution is 6.07. The number of hydrogen-bond donors (Lipinski definition) is 1. The standard InChI is InChI=1S/C28H27N7O/c1-2-19-17-21(35-27-25(32-33-35)10-6-16-30-27)12-13-23(19)28(36)34(22-8-5-15-29-18-22)26-14-11-20-7-3-4-9-24(20)31-26/h3-4,6-7,9-14,16-17,22,29H,2,5,8,15,18H2,1H3/t22-/m1/s1. The van der Waals surface area contributed by atoms with Crippen LogP contribution in [0.4, 0.5) is 5.82 Å². The van der Waals surface area contributed by atoms with E-state index < -0.39 is 0 Å². The minimum Gasteiger partial charge on any atom is -0.315 e. The van der Waals surface area contributed by atoms with Crippen molar-refractivity contribution in [1.29, 1.82) is 0 Å². The highest BCUT2D eigenvalue weighted by Crippen LogP contribution is 2.27. The van der Waals surface area contributed by atoms with Gasteiger partial charge in [-0.3, -0.25) is 9.69 Å². The van der Waals surface area contributed by atoms with Gasteiger partial charge in [-0.25, -0.2) is 9.97 Å². The summed E-state index contributed by atoms with van der Waals surface area (Å²) in [4.78, 5) is 25.4. The fraction of sp³-hybridized carbons (Fsp3) is 0.250. The lowest BCUT2D eigenvalue weighted by molar-refractivity contribution is 0.0970. The molecule has 1 aliphatic heterocycles. The molecular formula is C28H27N7O. The first kappa shape index (κ1) is 22.3. The van der Waals surface area contributed by atoms with Gasteiger partial charge >= 0.3 is 0 Å². The molecule has 1 amide bonds. The molecule has 1 atom stereocenters. The molecule has 8 nitrogen and oxygen atoms in total. The summed E-state index contributed by atoms with van der Waals surface area (Å²) >= 11 is 0. The van der Waals surface area contributed by atoms with Crippen LogP contribution in [0.5, 0.6) is 0 Å². The third-order valence-corrected chi connectivity index (χ3v) is 6.84. The van der Waals surface area contributed by atoms with Gasteiger partial charge in [0.2, 0.25) is 0 Å². The average Bonchev–Trinajstić information content (AvgIpc) is 3.37. The molecule has 0 spiro atoms. The fourth-order valence-electron chi connectivity index (χ4n) is 4.98. The lowest BCUT2D eigenvalue weighted by atomic mass is 10.00. The maximum absolute atomic E-state index is 14.2. The summed E-state index contributed by atoms with van der Waals surface area (Å²) in [5, 5.41) is 13.0. The number of benzene rings is 2. The molecule has 2 aromatic carbocycles. The SMILES string of the molecule is CCc1cc(-n2nnc3cccnc32)ccc1C(=O)N(c1ccc2ccccc2n1)[C@@H]1CCCNC1. The van der Waals surface area contributed by atoms with E-state index in [1.54, 1.807) is 10.9 Å². The van der Waals surface area contributed by atoms with E-state index in [-0.39, 0.29) is 11.9 Å². The number of rotatable bonds is 5. The molecule has 1 fully saturated rings. The molecule has 1 aliphatic rings. The van der Waals surface area contributed by atoms with Gasteiger partial charge in [0, 0.05) is 23.7 Å². The first-order chi connectivity index (χ1) is 17.7. The Morgan fingerprint density at radius 1 is 1.08 bits per heavy atom. The van der Waals surface area contributed by atoms with Crippen LogP contribution in [0.2, 0.25) is 0 Å². The number of hydrogen-bond acceptors (Lipinski definition) is 6. The second-order valence-corrected chi connectivity index (χ2v) is 9.08. The van der Waals surface area contributed by atoms with E-state index in [0.717, 1.165) is 53.6 Å². The van der Waals surface area contributed by atoms with Crippen LogP contribution in [0.3, 0.4) is 0 Å². The molecule has 6 rings (SSSR count). The van der Waals surface area contributed by atoms with Crippen molar-refractivity contribution in [1.82, 2.24) is 30.3 Å². The summed E-state index contributed by atoms with van der Waals surface area (Å²) in [7, 11) is 0. The van der Waals surface area contributed by atoms with Crippen LogP contribution in [0.15, 0.2) is 72.9 Å². The number of anilines is 1. The van der Waals surface area contributed by atoms with Crippen LogP contribution < -0.4 is 10.2 Å². The Hall–Kier alpha value is -4.17. The maximum Gasteiger partial charge on any atom is 0.260 e. The number of pyridine rings is 2. The Morgan fingerprint density at radius 3 is 2.83 bits per heavy atom. The number of carbonyl (C=O) groups is 1. The Kier molecular flexibility index (Phi) is 5.87. The predicted molar refractivity (Wildman–Crippen MR) is 140 cm³/mol. The summed E-state index contributed by atoms with van der Waals surface area (Å²) in [6.07, 6.45) is 4.39. The molecule has 0 radical (unpaired) electrons. The van der Waals surface area contributed by atoms with Crippen molar-refractivity contribution in [3.8, 4) is 5.69 Å². The van der Waals surface area contributed by atoms with Crippen molar-refractivity contribution in [3.63, 3.8) is 0 Å². The maximum atomic E-state index is 14.2. The van der Waals surface area contributed by atoms with Crippen molar-refractivity contribution in [2.24, 2.45) is 0 Å². The highest BCUT2D eigenvalue weighted by atomic mass is 16.2. The molecule has 1 saturated heterocycles. The minimum absolute atomic E-state index is 0.0311. The molecule has 0 unspecified atom stereocenters. The number of carbonyl (C=O) groups excluding carboxylic acids is 1. The van der Waals surface area contributed by atoms with Gasteiger partial charge in [0.05, 0.1) is 17.2 Å². The lowest BCUT2D eigenvalue weighted by Gasteiger charge is -2.34. The largest absolute Gasteiger partial charge is 0.315 e.